The number of anilines is 1. The van der Waals surface area contributed by atoms with Crippen LogP contribution in [0.2, 0.25) is 0 Å². The molecule has 0 heterocycles. The average molecular weight is 333 g/mol. The lowest BCUT2D eigenvalue weighted by Crippen LogP contribution is -2.50. The van der Waals surface area contributed by atoms with Crippen LogP contribution in [-0.2, 0) is 10.5 Å². The Balaban J connectivity index is 3.30. The van der Waals surface area contributed by atoms with Gasteiger partial charge in [0.15, 0.2) is 0 Å². The SMILES string of the molecule is Cc1cc(C(F)(C(F)(F)F)C(F)(F)F)ccc1NCC(=O)O. The van der Waals surface area contributed by atoms with Gasteiger partial charge < -0.3 is 10.4 Å². The van der Waals surface area contributed by atoms with E-state index in [1.54, 1.807) is 0 Å². The molecule has 3 nitrogen and oxygen atoms in total. The van der Waals surface area contributed by atoms with E-state index in [1.807, 2.05) is 0 Å². The molecule has 10 heteroatoms. The van der Waals surface area contributed by atoms with Crippen molar-refractivity contribution in [3.05, 3.63) is 29.3 Å². The highest BCUT2D eigenvalue weighted by Gasteiger charge is 2.73. The van der Waals surface area contributed by atoms with Gasteiger partial charge in [0.1, 0.15) is 6.54 Å². The molecule has 124 valence electrons. The first-order valence-electron chi connectivity index (χ1n) is 5.70. The molecule has 0 unspecified atom stereocenters. The lowest BCUT2D eigenvalue weighted by atomic mass is 9.92. The first-order valence-corrected chi connectivity index (χ1v) is 5.70. The van der Waals surface area contributed by atoms with E-state index in [0.717, 1.165) is 13.0 Å². The molecule has 0 aromatic heterocycles. The molecular formula is C12H10F7NO2. The second-order valence-electron chi connectivity index (χ2n) is 4.43. The maximum absolute atomic E-state index is 13.8. The number of halogens is 7. The summed E-state index contributed by atoms with van der Waals surface area (Å²) in [6, 6.07) is 1.46. The molecule has 0 spiro atoms. The van der Waals surface area contributed by atoms with Crippen molar-refractivity contribution in [2.24, 2.45) is 0 Å². The monoisotopic (exact) mass is 333 g/mol. The molecule has 0 aliphatic heterocycles. The fourth-order valence-electron chi connectivity index (χ4n) is 1.74. The molecule has 0 atom stereocenters. The lowest BCUT2D eigenvalue weighted by Gasteiger charge is -2.30. The number of carboxylic acids is 1. The summed E-state index contributed by atoms with van der Waals surface area (Å²) < 4.78 is 89.3. The van der Waals surface area contributed by atoms with Crippen LogP contribution >= 0.6 is 0 Å². The summed E-state index contributed by atoms with van der Waals surface area (Å²) in [4.78, 5) is 10.4. The van der Waals surface area contributed by atoms with Gasteiger partial charge in [-0.1, -0.05) is 12.1 Å². The van der Waals surface area contributed by atoms with Gasteiger partial charge >= 0.3 is 24.0 Å². The number of alkyl halides is 7. The van der Waals surface area contributed by atoms with Crippen molar-refractivity contribution >= 4 is 11.7 Å². The second kappa shape index (κ2) is 5.65. The summed E-state index contributed by atoms with van der Waals surface area (Å²) in [5.41, 5.74) is -7.30. The number of aliphatic carboxylic acids is 1. The lowest BCUT2D eigenvalue weighted by molar-refractivity contribution is -0.348. The van der Waals surface area contributed by atoms with E-state index in [4.69, 9.17) is 5.11 Å². The third kappa shape index (κ3) is 3.25. The number of benzene rings is 1. The number of carbonyl (C=O) groups is 1. The van der Waals surface area contributed by atoms with Crippen LogP contribution in [0.1, 0.15) is 11.1 Å². The molecule has 1 aromatic carbocycles. The van der Waals surface area contributed by atoms with Crippen LogP contribution in [0, 0.1) is 6.92 Å². The van der Waals surface area contributed by atoms with Crippen molar-refractivity contribution < 1.29 is 40.6 Å². The fourth-order valence-corrected chi connectivity index (χ4v) is 1.74. The van der Waals surface area contributed by atoms with Crippen molar-refractivity contribution in [1.29, 1.82) is 0 Å². The summed E-state index contributed by atoms with van der Waals surface area (Å²) in [5.74, 6) is -1.28. The number of hydrogen-bond acceptors (Lipinski definition) is 2. The van der Waals surface area contributed by atoms with Crippen molar-refractivity contribution in [3.8, 4) is 0 Å². The summed E-state index contributed by atoms with van der Waals surface area (Å²) >= 11 is 0. The van der Waals surface area contributed by atoms with Crippen LogP contribution in [0.25, 0.3) is 0 Å². The van der Waals surface area contributed by atoms with Gasteiger partial charge in [0, 0.05) is 11.3 Å². The Bertz CT molecular complexity index is 552. The molecular weight excluding hydrogens is 323 g/mol. The molecule has 0 fully saturated rings. The van der Waals surface area contributed by atoms with Gasteiger partial charge in [0.05, 0.1) is 0 Å². The largest absolute Gasteiger partial charge is 0.480 e. The van der Waals surface area contributed by atoms with E-state index < -0.39 is 36.1 Å². The van der Waals surface area contributed by atoms with Crippen molar-refractivity contribution in [3.63, 3.8) is 0 Å². The number of rotatable bonds is 4. The molecule has 0 saturated heterocycles. The number of aryl methyl sites for hydroxylation is 1. The Hall–Kier alpha value is -2.00. The predicted molar refractivity (Wildman–Crippen MR) is 62.2 cm³/mol. The normalized spacial score (nSPS) is 13.1. The van der Waals surface area contributed by atoms with E-state index in [1.165, 1.54) is 0 Å². The van der Waals surface area contributed by atoms with Crippen LogP contribution in [-0.4, -0.2) is 30.0 Å². The fraction of sp³-hybridized carbons (Fsp3) is 0.417. The maximum Gasteiger partial charge on any atom is 0.435 e. The Morgan fingerprint density at radius 3 is 1.95 bits per heavy atom. The van der Waals surface area contributed by atoms with Crippen LogP contribution in [0.5, 0.6) is 0 Å². The highest BCUT2D eigenvalue weighted by molar-refractivity contribution is 5.73. The van der Waals surface area contributed by atoms with Gasteiger partial charge in [0.25, 0.3) is 0 Å². The van der Waals surface area contributed by atoms with E-state index >= 15 is 0 Å². The summed E-state index contributed by atoms with van der Waals surface area (Å²) in [5, 5.41) is 10.7. The van der Waals surface area contributed by atoms with E-state index in [9.17, 15) is 35.5 Å². The van der Waals surface area contributed by atoms with Crippen LogP contribution in [0.4, 0.5) is 36.4 Å². The first kappa shape index (κ1) is 18.1. The van der Waals surface area contributed by atoms with Crippen LogP contribution in [0.15, 0.2) is 18.2 Å². The van der Waals surface area contributed by atoms with Crippen LogP contribution < -0.4 is 5.32 Å². The van der Waals surface area contributed by atoms with Crippen LogP contribution in [0.3, 0.4) is 0 Å². The zero-order chi connectivity index (χ0) is 17.3. The molecule has 0 aliphatic rings. The highest BCUT2D eigenvalue weighted by Crippen LogP contribution is 2.53. The minimum atomic E-state index is -6.19. The van der Waals surface area contributed by atoms with Gasteiger partial charge in [-0.05, 0) is 18.6 Å². The maximum atomic E-state index is 13.8. The highest BCUT2D eigenvalue weighted by atomic mass is 19.4. The van der Waals surface area contributed by atoms with Gasteiger partial charge in [0.2, 0.25) is 0 Å². The molecule has 0 radical (unpaired) electrons. The Morgan fingerprint density at radius 1 is 1.09 bits per heavy atom. The second-order valence-corrected chi connectivity index (χ2v) is 4.43. The van der Waals surface area contributed by atoms with E-state index in [0.29, 0.717) is 12.1 Å². The van der Waals surface area contributed by atoms with Gasteiger partial charge in [-0.25, -0.2) is 4.39 Å². The Labute approximate surface area is 119 Å². The molecule has 1 aromatic rings. The quantitative estimate of drug-likeness (QED) is 0.825. The molecule has 0 saturated carbocycles. The Morgan fingerprint density at radius 2 is 1.59 bits per heavy atom. The molecule has 1 rings (SSSR count). The van der Waals surface area contributed by atoms with Gasteiger partial charge in [-0.15, -0.1) is 0 Å². The minimum absolute atomic E-state index is 0.0159. The average Bonchev–Trinajstić information content (AvgIpc) is 2.33. The molecule has 0 aliphatic carbocycles. The summed E-state index contributed by atoms with van der Waals surface area (Å²) in [7, 11) is 0. The van der Waals surface area contributed by atoms with Crippen molar-refractivity contribution in [2.75, 3.05) is 11.9 Å². The van der Waals surface area contributed by atoms with Crippen molar-refractivity contribution in [1.82, 2.24) is 0 Å². The predicted octanol–water partition coefficient (Wildman–Crippen LogP) is 3.78. The molecule has 22 heavy (non-hydrogen) atoms. The number of carboxylic acid groups (broad SMARTS) is 1. The van der Waals surface area contributed by atoms with Gasteiger partial charge in [-0.3, -0.25) is 4.79 Å². The topological polar surface area (TPSA) is 49.3 Å². The number of hydrogen-bond donors (Lipinski definition) is 2. The first-order chi connectivity index (χ1) is 9.80. The van der Waals surface area contributed by atoms with Gasteiger partial charge in [-0.2, -0.15) is 26.3 Å². The number of nitrogens with one attached hydrogen (secondary N) is 1. The molecule has 0 bridgehead atoms. The third-order valence-electron chi connectivity index (χ3n) is 2.84. The minimum Gasteiger partial charge on any atom is -0.480 e. The summed E-state index contributed by atoms with van der Waals surface area (Å²) in [6.07, 6.45) is -12.4. The molecule has 0 amide bonds. The standard InChI is InChI=1S/C12H10F7NO2/c1-6-4-7(2-3-8(6)20-5-9(21)22)10(13,11(14,15)16)12(17,18)19/h2-4,20H,5H2,1H3,(H,21,22). The molecule has 2 N–H and O–H groups in total. The van der Waals surface area contributed by atoms with Crippen molar-refractivity contribution in [2.45, 2.75) is 24.9 Å². The zero-order valence-corrected chi connectivity index (χ0v) is 10.9. The zero-order valence-electron chi connectivity index (χ0n) is 10.9. The Kier molecular flexibility index (Phi) is 4.64. The third-order valence-corrected chi connectivity index (χ3v) is 2.84. The smallest absolute Gasteiger partial charge is 0.435 e. The summed E-state index contributed by atoms with van der Waals surface area (Å²) in [6.45, 7) is 0.528. The van der Waals surface area contributed by atoms with E-state index in [-0.39, 0.29) is 11.3 Å². The van der Waals surface area contributed by atoms with E-state index in [2.05, 4.69) is 5.32 Å².